The molecule has 2 amide bonds. The second-order valence-electron chi connectivity index (χ2n) is 6.38. The molecule has 0 aliphatic carbocycles. The second kappa shape index (κ2) is 7.56. The van der Waals surface area contributed by atoms with Crippen LogP contribution in [-0.2, 0) is 16.2 Å². The molecule has 0 radical (unpaired) electrons. The van der Waals surface area contributed by atoms with Gasteiger partial charge in [0, 0.05) is 25.7 Å². The lowest BCUT2D eigenvalue weighted by Crippen LogP contribution is -2.30. The highest BCUT2D eigenvalue weighted by Crippen LogP contribution is 2.29. The zero-order valence-corrected chi connectivity index (χ0v) is 14.8. The minimum Gasteiger partial charge on any atom is -0.489 e. The van der Waals surface area contributed by atoms with Gasteiger partial charge in [0.25, 0.3) is 0 Å². The summed E-state index contributed by atoms with van der Waals surface area (Å²) in [4.78, 5) is 25.6. The van der Waals surface area contributed by atoms with Crippen molar-refractivity contribution in [2.24, 2.45) is 5.92 Å². The topological polar surface area (TPSA) is 58.6 Å². The standard InChI is InChI=1S/C20H21FN2O3/c1-13-9-17(23-11-15(10-19(23)24)20(25)22-2)7-8-18(13)26-12-14-3-5-16(21)6-4-14/h3-9,15H,10-12H2,1-2H3,(H,22,25). The molecule has 1 N–H and O–H groups in total. The Morgan fingerprint density at radius 3 is 2.65 bits per heavy atom. The third-order valence-corrected chi connectivity index (χ3v) is 4.52. The molecule has 136 valence electrons. The molecular weight excluding hydrogens is 335 g/mol. The van der Waals surface area contributed by atoms with Crippen molar-refractivity contribution in [2.75, 3.05) is 18.5 Å². The Bertz CT molecular complexity index is 820. The van der Waals surface area contributed by atoms with Crippen LogP contribution in [0.25, 0.3) is 0 Å². The minimum atomic E-state index is -0.317. The van der Waals surface area contributed by atoms with E-state index in [-0.39, 0.29) is 30.0 Å². The van der Waals surface area contributed by atoms with Gasteiger partial charge in [0.2, 0.25) is 11.8 Å². The van der Waals surface area contributed by atoms with Crippen LogP contribution in [0.5, 0.6) is 5.75 Å². The highest BCUT2D eigenvalue weighted by atomic mass is 19.1. The molecule has 1 heterocycles. The summed E-state index contributed by atoms with van der Waals surface area (Å²) in [6.45, 7) is 2.62. The van der Waals surface area contributed by atoms with Crippen molar-refractivity contribution in [1.82, 2.24) is 5.32 Å². The van der Waals surface area contributed by atoms with Crippen LogP contribution in [0, 0.1) is 18.7 Å². The molecule has 0 spiro atoms. The van der Waals surface area contributed by atoms with Crippen molar-refractivity contribution in [1.29, 1.82) is 0 Å². The molecule has 2 aromatic carbocycles. The molecule has 26 heavy (non-hydrogen) atoms. The average molecular weight is 356 g/mol. The van der Waals surface area contributed by atoms with Gasteiger partial charge in [-0.05, 0) is 48.4 Å². The largest absolute Gasteiger partial charge is 0.489 e. The minimum absolute atomic E-state index is 0.0574. The summed E-state index contributed by atoms with van der Waals surface area (Å²) in [7, 11) is 1.58. The number of anilines is 1. The molecule has 1 unspecified atom stereocenters. The van der Waals surface area contributed by atoms with Crippen LogP contribution >= 0.6 is 0 Å². The van der Waals surface area contributed by atoms with Gasteiger partial charge in [-0.2, -0.15) is 0 Å². The monoisotopic (exact) mass is 356 g/mol. The van der Waals surface area contributed by atoms with Gasteiger partial charge >= 0.3 is 0 Å². The molecule has 3 rings (SSSR count). The zero-order chi connectivity index (χ0) is 18.7. The summed E-state index contributed by atoms with van der Waals surface area (Å²) in [5.41, 5.74) is 2.52. The Morgan fingerprint density at radius 1 is 1.27 bits per heavy atom. The van der Waals surface area contributed by atoms with Gasteiger partial charge in [-0.25, -0.2) is 4.39 Å². The lowest BCUT2D eigenvalue weighted by atomic mass is 10.1. The van der Waals surface area contributed by atoms with Crippen LogP contribution in [0.3, 0.4) is 0 Å². The van der Waals surface area contributed by atoms with E-state index in [1.807, 2.05) is 25.1 Å². The van der Waals surface area contributed by atoms with Crippen molar-refractivity contribution < 1.29 is 18.7 Å². The van der Waals surface area contributed by atoms with E-state index in [4.69, 9.17) is 4.74 Å². The van der Waals surface area contributed by atoms with Crippen LogP contribution in [0.1, 0.15) is 17.5 Å². The maximum atomic E-state index is 12.9. The van der Waals surface area contributed by atoms with Gasteiger partial charge in [0.15, 0.2) is 0 Å². The number of halogens is 1. The Balaban J connectivity index is 1.68. The van der Waals surface area contributed by atoms with E-state index in [1.165, 1.54) is 12.1 Å². The van der Waals surface area contributed by atoms with Gasteiger partial charge < -0.3 is 15.0 Å². The Hall–Kier alpha value is -2.89. The molecule has 0 aromatic heterocycles. The number of carbonyl (C=O) groups is 2. The van der Waals surface area contributed by atoms with Gasteiger partial charge in [-0.15, -0.1) is 0 Å². The number of hydrogen-bond acceptors (Lipinski definition) is 3. The summed E-state index contributed by atoms with van der Waals surface area (Å²) < 4.78 is 18.7. The molecular formula is C20H21FN2O3. The first-order valence-corrected chi connectivity index (χ1v) is 8.48. The van der Waals surface area contributed by atoms with Crippen molar-refractivity contribution >= 4 is 17.5 Å². The predicted molar refractivity (Wildman–Crippen MR) is 96.4 cm³/mol. The summed E-state index contributed by atoms with van der Waals surface area (Å²) in [5.74, 6) is -0.0655. The number of hydrogen-bond donors (Lipinski definition) is 1. The number of rotatable bonds is 5. The Kier molecular flexibility index (Phi) is 5.21. The first kappa shape index (κ1) is 17.9. The lowest BCUT2D eigenvalue weighted by Gasteiger charge is -2.18. The number of carbonyl (C=O) groups excluding carboxylic acids is 2. The molecule has 5 nitrogen and oxygen atoms in total. The van der Waals surface area contributed by atoms with Crippen LogP contribution in [0.15, 0.2) is 42.5 Å². The predicted octanol–water partition coefficient (Wildman–Crippen LogP) is 2.81. The van der Waals surface area contributed by atoms with Gasteiger partial charge in [0.05, 0.1) is 5.92 Å². The number of nitrogens with zero attached hydrogens (tertiary/aromatic N) is 1. The second-order valence-corrected chi connectivity index (χ2v) is 6.38. The number of aryl methyl sites for hydroxylation is 1. The van der Waals surface area contributed by atoms with Crippen molar-refractivity contribution in [3.63, 3.8) is 0 Å². The van der Waals surface area contributed by atoms with E-state index in [2.05, 4.69) is 5.32 Å². The number of benzene rings is 2. The summed E-state index contributed by atoms with van der Waals surface area (Å²) >= 11 is 0. The molecule has 0 saturated carbocycles. The van der Waals surface area contributed by atoms with E-state index in [1.54, 1.807) is 24.1 Å². The molecule has 2 aromatic rings. The maximum absolute atomic E-state index is 12.9. The summed E-state index contributed by atoms with van der Waals surface area (Å²) in [6, 6.07) is 11.7. The molecule has 1 saturated heterocycles. The van der Waals surface area contributed by atoms with Crippen molar-refractivity contribution in [2.45, 2.75) is 20.0 Å². The molecule has 1 aliphatic heterocycles. The van der Waals surface area contributed by atoms with E-state index in [0.717, 1.165) is 16.8 Å². The fraction of sp³-hybridized carbons (Fsp3) is 0.300. The molecule has 1 atom stereocenters. The van der Waals surface area contributed by atoms with E-state index in [9.17, 15) is 14.0 Å². The quantitative estimate of drug-likeness (QED) is 0.896. The fourth-order valence-corrected chi connectivity index (χ4v) is 3.04. The molecule has 6 heteroatoms. The van der Waals surface area contributed by atoms with Crippen LogP contribution in [-0.4, -0.2) is 25.4 Å². The van der Waals surface area contributed by atoms with E-state index in [0.29, 0.717) is 18.9 Å². The van der Waals surface area contributed by atoms with Gasteiger partial charge in [0.1, 0.15) is 18.2 Å². The van der Waals surface area contributed by atoms with E-state index < -0.39 is 0 Å². The first-order chi connectivity index (χ1) is 12.5. The number of nitrogens with one attached hydrogen (secondary N) is 1. The fourth-order valence-electron chi connectivity index (χ4n) is 3.04. The Labute approximate surface area is 151 Å². The SMILES string of the molecule is CNC(=O)C1CC(=O)N(c2ccc(OCc3ccc(F)cc3)c(C)c2)C1. The van der Waals surface area contributed by atoms with Crippen LogP contribution in [0.2, 0.25) is 0 Å². The molecule has 1 aliphatic rings. The smallest absolute Gasteiger partial charge is 0.227 e. The maximum Gasteiger partial charge on any atom is 0.227 e. The third kappa shape index (κ3) is 3.85. The summed E-state index contributed by atoms with van der Waals surface area (Å²) in [5, 5.41) is 2.59. The number of amides is 2. The van der Waals surface area contributed by atoms with Crippen molar-refractivity contribution in [3.05, 3.63) is 59.4 Å². The van der Waals surface area contributed by atoms with Crippen LogP contribution in [0.4, 0.5) is 10.1 Å². The highest BCUT2D eigenvalue weighted by Gasteiger charge is 2.34. The Morgan fingerprint density at radius 2 is 2.00 bits per heavy atom. The molecule has 0 bridgehead atoms. The lowest BCUT2D eigenvalue weighted by molar-refractivity contribution is -0.125. The average Bonchev–Trinajstić information content (AvgIpc) is 3.03. The normalized spacial score (nSPS) is 16.7. The van der Waals surface area contributed by atoms with Gasteiger partial charge in [-0.3, -0.25) is 9.59 Å². The van der Waals surface area contributed by atoms with Crippen LogP contribution < -0.4 is 15.0 Å². The molecule has 1 fully saturated rings. The first-order valence-electron chi connectivity index (χ1n) is 8.48. The van der Waals surface area contributed by atoms with E-state index >= 15 is 0 Å². The zero-order valence-electron chi connectivity index (χ0n) is 14.8. The number of ether oxygens (including phenoxy) is 1. The highest BCUT2D eigenvalue weighted by molar-refractivity contribution is 6.00. The third-order valence-electron chi connectivity index (χ3n) is 4.52. The van der Waals surface area contributed by atoms with Crippen molar-refractivity contribution in [3.8, 4) is 5.75 Å². The van der Waals surface area contributed by atoms with Gasteiger partial charge in [-0.1, -0.05) is 12.1 Å². The summed E-state index contributed by atoms with van der Waals surface area (Å²) in [6.07, 6.45) is 0.224.